The van der Waals surface area contributed by atoms with Crippen molar-refractivity contribution >= 4 is 29.9 Å². The highest BCUT2D eigenvalue weighted by molar-refractivity contribution is 6.01. The van der Waals surface area contributed by atoms with Crippen LogP contribution in [0.2, 0.25) is 0 Å². The lowest BCUT2D eigenvalue weighted by Gasteiger charge is -2.31. The molecule has 0 spiro atoms. The van der Waals surface area contributed by atoms with Crippen molar-refractivity contribution < 1.29 is 33.6 Å². The predicted octanol–water partition coefficient (Wildman–Crippen LogP) is 6.09. The number of amides is 2. The van der Waals surface area contributed by atoms with Crippen LogP contribution < -0.4 is 24.3 Å². The van der Waals surface area contributed by atoms with E-state index in [2.05, 4.69) is 30.4 Å². The summed E-state index contributed by atoms with van der Waals surface area (Å²) in [5.41, 5.74) is 7.10. The zero-order valence-electron chi connectivity index (χ0n) is 30.1. The molecular formula is C41H46N4O7. The van der Waals surface area contributed by atoms with Crippen LogP contribution in [0.25, 0.3) is 0 Å². The van der Waals surface area contributed by atoms with Gasteiger partial charge in [-0.1, -0.05) is 55.5 Å². The lowest BCUT2D eigenvalue weighted by Crippen LogP contribution is -2.40. The smallest absolute Gasteiger partial charge is 0.256 e. The minimum Gasteiger partial charge on any atom is -0.493 e. The molecule has 0 aliphatic carbocycles. The van der Waals surface area contributed by atoms with Gasteiger partial charge in [0.2, 0.25) is 6.41 Å². The van der Waals surface area contributed by atoms with Crippen molar-refractivity contribution in [3.8, 4) is 23.0 Å². The van der Waals surface area contributed by atoms with Crippen molar-refractivity contribution in [1.29, 1.82) is 0 Å². The van der Waals surface area contributed by atoms with E-state index in [0.29, 0.717) is 73.4 Å². The minimum atomic E-state index is -0.962. The summed E-state index contributed by atoms with van der Waals surface area (Å²) in [5.74, 6) is 1.79. The molecule has 52 heavy (non-hydrogen) atoms. The average Bonchev–Trinajstić information content (AvgIpc) is 3.27. The maximum absolute atomic E-state index is 13.7. The van der Waals surface area contributed by atoms with Crippen LogP contribution in [0.3, 0.4) is 0 Å². The van der Waals surface area contributed by atoms with Gasteiger partial charge in [-0.05, 0) is 59.7 Å². The highest BCUT2D eigenvalue weighted by Gasteiger charge is 2.29. The van der Waals surface area contributed by atoms with Crippen LogP contribution >= 0.6 is 0 Å². The topological polar surface area (TPSA) is 122 Å². The first-order valence-corrected chi connectivity index (χ1v) is 17.6. The summed E-state index contributed by atoms with van der Waals surface area (Å²) in [6.07, 6.45) is 3.83. The molecule has 2 heterocycles. The number of nitrogens with zero attached hydrogens (tertiary/aromatic N) is 3. The molecule has 6 rings (SSSR count). The molecule has 2 aliphatic heterocycles. The maximum Gasteiger partial charge on any atom is 0.256 e. The molecule has 272 valence electrons. The Morgan fingerprint density at radius 2 is 1.58 bits per heavy atom. The van der Waals surface area contributed by atoms with Crippen molar-refractivity contribution in [2.24, 2.45) is 4.99 Å². The van der Waals surface area contributed by atoms with Gasteiger partial charge in [-0.2, -0.15) is 0 Å². The first kappa shape index (κ1) is 36.2. The number of β-amino-alcohol motifs (C(OH)–C–C–N with tert-alkyl or cyclic N) is 1. The zero-order valence-corrected chi connectivity index (χ0v) is 30.1. The normalized spacial score (nSPS) is 16.8. The SMILES string of the molecule is CCc1ccccc1CN1CC(O)Nc2cc(OCCCOc3cc(N=CC4Cc5ccccc5CN4C=O)c(C)cc3OC)c(OC)cc2C1=O. The second-order valence-corrected chi connectivity index (χ2v) is 13.0. The van der Waals surface area contributed by atoms with E-state index in [1.54, 1.807) is 29.0 Å². The Kier molecular flexibility index (Phi) is 11.6. The molecule has 0 saturated carbocycles. The van der Waals surface area contributed by atoms with Crippen LogP contribution in [0, 0.1) is 6.92 Å². The second-order valence-electron chi connectivity index (χ2n) is 13.0. The second kappa shape index (κ2) is 16.6. The number of anilines is 1. The van der Waals surface area contributed by atoms with Gasteiger partial charge in [-0.25, -0.2) is 0 Å². The molecule has 2 N–H and O–H groups in total. The number of methoxy groups -OCH3 is 2. The van der Waals surface area contributed by atoms with Gasteiger partial charge in [-0.3, -0.25) is 14.6 Å². The monoisotopic (exact) mass is 706 g/mol. The molecule has 4 aromatic rings. The molecule has 11 heteroatoms. The van der Waals surface area contributed by atoms with Gasteiger partial charge >= 0.3 is 0 Å². The molecule has 0 aromatic heterocycles. The molecule has 0 radical (unpaired) electrons. The van der Waals surface area contributed by atoms with E-state index in [1.807, 2.05) is 55.6 Å². The van der Waals surface area contributed by atoms with E-state index >= 15 is 0 Å². The Morgan fingerprint density at radius 3 is 2.29 bits per heavy atom. The lowest BCUT2D eigenvalue weighted by atomic mass is 9.95. The molecule has 2 atom stereocenters. The summed E-state index contributed by atoms with van der Waals surface area (Å²) in [7, 11) is 3.13. The van der Waals surface area contributed by atoms with Crippen molar-refractivity contribution in [2.45, 2.75) is 58.5 Å². The van der Waals surface area contributed by atoms with Gasteiger partial charge in [0.1, 0.15) is 6.23 Å². The fraction of sp³-hybridized carbons (Fsp3) is 0.341. The number of rotatable bonds is 14. The zero-order chi connectivity index (χ0) is 36.6. The van der Waals surface area contributed by atoms with Crippen molar-refractivity contribution in [3.05, 3.63) is 106 Å². The first-order valence-electron chi connectivity index (χ1n) is 17.6. The molecule has 2 amide bonds. The Bertz CT molecular complexity index is 1930. The van der Waals surface area contributed by atoms with E-state index < -0.39 is 6.23 Å². The van der Waals surface area contributed by atoms with Gasteiger partial charge in [-0.15, -0.1) is 0 Å². The molecular weight excluding hydrogens is 660 g/mol. The Balaban J connectivity index is 1.09. The van der Waals surface area contributed by atoms with Crippen LogP contribution in [0.1, 0.15) is 51.5 Å². The molecule has 0 fully saturated rings. The fourth-order valence-corrected chi connectivity index (χ4v) is 6.69. The molecule has 2 unspecified atom stereocenters. The summed E-state index contributed by atoms with van der Waals surface area (Å²) >= 11 is 0. The maximum atomic E-state index is 13.7. The number of hydrogen-bond acceptors (Lipinski definition) is 9. The van der Waals surface area contributed by atoms with Crippen molar-refractivity contribution in [3.63, 3.8) is 0 Å². The molecule has 0 bridgehead atoms. The first-order chi connectivity index (χ1) is 25.3. The van der Waals surface area contributed by atoms with E-state index in [0.717, 1.165) is 40.8 Å². The van der Waals surface area contributed by atoms with Crippen LogP contribution in [0.5, 0.6) is 23.0 Å². The highest BCUT2D eigenvalue weighted by Crippen LogP contribution is 2.37. The van der Waals surface area contributed by atoms with Crippen LogP contribution in [0.4, 0.5) is 11.4 Å². The number of nitrogens with one attached hydrogen (secondary N) is 1. The summed E-state index contributed by atoms with van der Waals surface area (Å²) in [6.45, 7) is 5.74. The standard InChI is InChI=1S/C41H46N4O7/c1-5-28-11-6-8-13-30(28)23-44-25-40(47)43-35-21-39(37(50-4)19-33(35)41(44)48)52-16-10-15-51-38-20-34(27(2)17-36(38)49-3)42-22-32-18-29-12-7-9-14-31(29)24-45(32)26-46/h6-9,11-14,17,19-22,26,32,40,43,47H,5,10,15-16,18,23-25H2,1-4H3. The van der Waals surface area contributed by atoms with Crippen molar-refractivity contribution in [2.75, 3.05) is 39.3 Å². The lowest BCUT2D eigenvalue weighted by molar-refractivity contribution is -0.119. The van der Waals surface area contributed by atoms with Gasteiger partial charge in [0.25, 0.3) is 5.91 Å². The quantitative estimate of drug-likeness (QED) is 0.0918. The Labute approximate surface area is 304 Å². The molecule has 4 aromatic carbocycles. The number of aryl methyl sites for hydroxylation is 2. The number of carbonyl (C=O) groups is 2. The van der Waals surface area contributed by atoms with E-state index in [4.69, 9.17) is 23.9 Å². The molecule has 2 aliphatic rings. The molecule has 11 nitrogen and oxygen atoms in total. The third kappa shape index (κ3) is 8.15. The number of carbonyl (C=O) groups excluding carboxylic acids is 2. The third-order valence-electron chi connectivity index (χ3n) is 9.53. The number of ether oxygens (including phenoxy) is 4. The third-order valence-corrected chi connectivity index (χ3v) is 9.53. The van der Waals surface area contributed by atoms with E-state index in [9.17, 15) is 14.7 Å². The van der Waals surface area contributed by atoms with Gasteiger partial charge in [0.05, 0.1) is 57.0 Å². The van der Waals surface area contributed by atoms with Gasteiger partial charge in [0.15, 0.2) is 23.0 Å². The molecule has 0 saturated heterocycles. The fourth-order valence-electron chi connectivity index (χ4n) is 6.69. The van der Waals surface area contributed by atoms with Crippen LogP contribution in [-0.4, -0.2) is 79.7 Å². The number of aliphatic hydroxyl groups excluding tert-OH is 1. The Morgan fingerprint density at radius 1 is 0.904 bits per heavy atom. The van der Waals surface area contributed by atoms with Crippen molar-refractivity contribution in [1.82, 2.24) is 9.80 Å². The summed E-state index contributed by atoms with van der Waals surface area (Å²) in [4.78, 5) is 33.8. The Hall–Kier alpha value is -5.55. The number of fused-ring (bicyclic) bond motifs is 2. The van der Waals surface area contributed by atoms with E-state index in [1.165, 1.54) is 12.7 Å². The minimum absolute atomic E-state index is 0.128. The van der Waals surface area contributed by atoms with Crippen LogP contribution in [0.15, 0.2) is 77.8 Å². The number of benzene rings is 4. The van der Waals surface area contributed by atoms with E-state index in [-0.39, 0.29) is 18.5 Å². The van der Waals surface area contributed by atoms with Gasteiger partial charge in [0, 0.05) is 37.9 Å². The number of aliphatic hydroxyl groups is 1. The summed E-state index contributed by atoms with van der Waals surface area (Å²) < 4.78 is 23.5. The summed E-state index contributed by atoms with van der Waals surface area (Å²) in [5, 5.41) is 13.9. The predicted molar refractivity (Wildman–Crippen MR) is 200 cm³/mol. The summed E-state index contributed by atoms with van der Waals surface area (Å²) in [6, 6.07) is 23.1. The largest absolute Gasteiger partial charge is 0.493 e. The average molecular weight is 707 g/mol. The van der Waals surface area contributed by atoms with Crippen LogP contribution in [-0.2, 0) is 30.7 Å². The van der Waals surface area contributed by atoms with Gasteiger partial charge < -0.3 is 39.2 Å². The number of aliphatic imine (C=N–C) groups is 1. The highest BCUT2D eigenvalue weighted by atomic mass is 16.5. The number of hydrogen-bond donors (Lipinski definition) is 2.